The summed E-state index contributed by atoms with van der Waals surface area (Å²) in [4.78, 5) is 38.3. The second kappa shape index (κ2) is 11.0. The summed E-state index contributed by atoms with van der Waals surface area (Å²) < 4.78 is 11.5. The molecular formula is C28H26N2O7. The lowest BCUT2D eigenvalue weighted by Crippen LogP contribution is -2.33. The number of nitrogens with zero attached hydrogens (tertiary/aromatic N) is 2. The van der Waals surface area contributed by atoms with E-state index >= 15 is 0 Å². The minimum absolute atomic E-state index is 0.0623. The largest absolute Gasteiger partial charge is 0.507 e. The van der Waals surface area contributed by atoms with Crippen molar-refractivity contribution in [3.05, 3.63) is 106 Å². The average molecular weight is 503 g/mol. The van der Waals surface area contributed by atoms with Crippen LogP contribution in [0.2, 0.25) is 0 Å². The van der Waals surface area contributed by atoms with Gasteiger partial charge < -0.3 is 19.5 Å². The summed E-state index contributed by atoms with van der Waals surface area (Å²) in [6.07, 6.45) is -0.0808. The van der Waals surface area contributed by atoms with Gasteiger partial charge in [0.25, 0.3) is 17.4 Å². The lowest BCUT2D eigenvalue weighted by atomic mass is 9.95. The smallest absolute Gasteiger partial charge is 0.295 e. The van der Waals surface area contributed by atoms with Crippen molar-refractivity contribution in [2.24, 2.45) is 0 Å². The number of ether oxygens (including phenoxy) is 2. The fraction of sp³-hybridized carbons (Fsp3) is 0.214. The summed E-state index contributed by atoms with van der Waals surface area (Å²) in [5.41, 5.74) is 0.182. The molecule has 9 nitrogen and oxygen atoms in total. The van der Waals surface area contributed by atoms with E-state index < -0.39 is 28.4 Å². The molecular weight excluding hydrogens is 476 g/mol. The monoisotopic (exact) mass is 502 g/mol. The minimum atomic E-state index is -0.950. The number of benzene rings is 3. The van der Waals surface area contributed by atoms with Crippen molar-refractivity contribution in [2.75, 3.05) is 13.2 Å². The van der Waals surface area contributed by atoms with E-state index in [4.69, 9.17) is 9.47 Å². The molecule has 1 amide bonds. The van der Waals surface area contributed by atoms with Crippen LogP contribution in [0.15, 0.2) is 84.4 Å². The number of nitro groups is 1. The Morgan fingerprint density at radius 1 is 1.00 bits per heavy atom. The van der Waals surface area contributed by atoms with E-state index in [1.54, 1.807) is 36.4 Å². The number of ketones is 1. The molecule has 0 spiro atoms. The zero-order chi connectivity index (χ0) is 26.5. The number of likely N-dealkylation sites (tertiary alicyclic amines) is 1. The van der Waals surface area contributed by atoms with E-state index in [9.17, 15) is 24.8 Å². The highest BCUT2D eigenvalue weighted by molar-refractivity contribution is 6.46. The highest BCUT2D eigenvalue weighted by Gasteiger charge is 2.46. The van der Waals surface area contributed by atoms with Gasteiger partial charge in [-0.15, -0.1) is 0 Å². The molecule has 1 heterocycles. The lowest BCUT2D eigenvalue weighted by Gasteiger charge is -2.26. The number of rotatable bonds is 9. The fourth-order valence-electron chi connectivity index (χ4n) is 4.14. The molecule has 1 saturated heterocycles. The Labute approximate surface area is 213 Å². The van der Waals surface area contributed by atoms with Crippen LogP contribution in [0.3, 0.4) is 0 Å². The maximum atomic E-state index is 13.2. The van der Waals surface area contributed by atoms with Crippen LogP contribution in [0, 0.1) is 10.1 Å². The summed E-state index contributed by atoms with van der Waals surface area (Å²) in [6, 6.07) is 20.4. The number of aliphatic hydroxyl groups is 1. The summed E-state index contributed by atoms with van der Waals surface area (Å²) in [5, 5.41) is 22.4. The predicted octanol–water partition coefficient (Wildman–Crippen LogP) is 5.23. The maximum Gasteiger partial charge on any atom is 0.295 e. The molecule has 0 saturated carbocycles. The van der Waals surface area contributed by atoms with Gasteiger partial charge in [0.2, 0.25) is 0 Å². The molecule has 1 unspecified atom stereocenters. The maximum absolute atomic E-state index is 13.2. The summed E-state index contributed by atoms with van der Waals surface area (Å²) >= 11 is 0. The normalized spacial score (nSPS) is 16.8. The molecule has 0 radical (unpaired) electrons. The van der Waals surface area contributed by atoms with Crippen molar-refractivity contribution in [1.29, 1.82) is 0 Å². The molecule has 0 bridgehead atoms. The number of aliphatic hydroxyl groups excluding tert-OH is 1. The first-order valence-electron chi connectivity index (χ1n) is 11.7. The molecule has 4 rings (SSSR count). The van der Waals surface area contributed by atoms with Gasteiger partial charge in [0, 0.05) is 24.2 Å². The summed E-state index contributed by atoms with van der Waals surface area (Å²) in [5.74, 6) is -1.08. The quantitative estimate of drug-likeness (QED) is 0.140. The SMILES string of the molecule is CC(C)OCCN1C(=O)C(=O)/C(=C(\O)c2cccc([N+](=O)[O-])c2)C1c1cccc(Oc2ccccc2)c1. The second-order valence-corrected chi connectivity index (χ2v) is 8.71. The van der Waals surface area contributed by atoms with E-state index in [0.29, 0.717) is 17.1 Å². The number of amides is 1. The first kappa shape index (κ1) is 25.6. The van der Waals surface area contributed by atoms with Gasteiger partial charge in [0.15, 0.2) is 0 Å². The van der Waals surface area contributed by atoms with E-state index in [1.165, 1.54) is 23.1 Å². The fourth-order valence-corrected chi connectivity index (χ4v) is 4.14. The van der Waals surface area contributed by atoms with Gasteiger partial charge in [0.1, 0.15) is 17.3 Å². The summed E-state index contributed by atoms with van der Waals surface area (Å²) in [7, 11) is 0. The van der Waals surface area contributed by atoms with Crippen LogP contribution in [-0.4, -0.2) is 45.9 Å². The first-order chi connectivity index (χ1) is 17.8. The van der Waals surface area contributed by atoms with Crippen LogP contribution in [0.1, 0.15) is 31.0 Å². The Bertz CT molecular complexity index is 1350. The zero-order valence-corrected chi connectivity index (χ0v) is 20.4. The molecule has 3 aromatic carbocycles. The third-order valence-corrected chi connectivity index (χ3v) is 5.81. The van der Waals surface area contributed by atoms with E-state index in [0.717, 1.165) is 6.07 Å². The third-order valence-electron chi connectivity index (χ3n) is 5.81. The molecule has 0 aliphatic carbocycles. The molecule has 37 heavy (non-hydrogen) atoms. The first-order valence-corrected chi connectivity index (χ1v) is 11.7. The van der Waals surface area contributed by atoms with Gasteiger partial charge in [-0.05, 0) is 43.7 Å². The van der Waals surface area contributed by atoms with Crippen molar-refractivity contribution in [2.45, 2.75) is 26.0 Å². The number of para-hydroxylation sites is 1. The Balaban J connectivity index is 1.79. The molecule has 9 heteroatoms. The highest BCUT2D eigenvalue weighted by Crippen LogP contribution is 2.40. The Hall–Kier alpha value is -4.50. The standard InChI is InChI=1S/C28H26N2O7/c1-18(2)36-15-14-29-25(19-8-7-13-23(17-19)37-22-11-4-3-5-12-22)24(27(32)28(29)33)26(31)20-9-6-10-21(16-20)30(34)35/h3-13,16-18,25,31H,14-15H2,1-2H3/b26-24-. The molecule has 1 atom stereocenters. The van der Waals surface area contributed by atoms with Gasteiger partial charge in [-0.25, -0.2) is 0 Å². The number of nitro benzene ring substituents is 1. The van der Waals surface area contributed by atoms with Crippen LogP contribution in [-0.2, 0) is 14.3 Å². The molecule has 1 aliphatic heterocycles. The van der Waals surface area contributed by atoms with Gasteiger partial charge in [-0.3, -0.25) is 19.7 Å². The summed E-state index contributed by atoms with van der Waals surface area (Å²) in [6.45, 7) is 4.00. The van der Waals surface area contributed by atoms with Crippen molar-refractivity contribution in [1.82, 2.24) is 4.90 Å². The lowest BCUT2D eigenvalue weighted by molar-refractivity contribution is -0.384. The van der Waals surface area contributed by atoms with E-state index in [-0.39, 0.29) is 36.1 Å². The van der Waals surface area contributed by atoms with Crippen molar-refractivity contribution < 1.29 is 29.1 Å². The van der Waals surface area contributed by atoms with Gasteiger partial charge in [0.05, 0.1) is 29.2 Å². The number of hydrogen-bond donors (Lipinski definition) is 1. The molecule has 1 aliphatic rings. The number of carbonyl (C=O) groups excluding carboxylic acids is 2. The van der Waals surface area contributed by atoms with Crippen LogP contribution < -0.4 is 4.74 Å². The number of carbonyl (C=O) groups is 2. The van der Waals surface area contributed by atoms with Crippen LogP contribution in [0.25, 0.3) is 5.76 Å². The molecule has 3 aromatic rings. The van der Waals surface area contributed by atoms with Crippen LogP contribution in [0.4, 0.5) is 5.69 Å². The van der Waals surface area contributed by atoms with Crippen LogP contribution >= 0.6 is 0 Å². The zero-order valence-electron chi connectivity index (χ0n) is 20.4. The van der Waals surface area contributed by atoms with E-state index in [1.807, 2.05) is 32.0 Å². The van der Waals surface area contributed by atoms with Gasteiger partial charge in [-0.2, -0.15) is 0 Å². The molecule has 1 N–H and O–H groups in total. The minimum Gasteiger partial charge on any atom is -0.507 e. The highest BCUT2D eigenvalue weighted by atomic mass is 16.6. The van der Waals surface area contributed by atoms with Crippen LogP contribution in [0.5, 0.6) is 11.5 Å². The molecule has 1 fully saturated rings. The predicted molar refractivity (Wildman–Crippen MR) is 136 cm³/mol. The second-order valence-electron chi connectivity index (χ2n) is 8.71. The van der Waals surface area contributed by atoms with Crippen molar-refractivity contribution in [3.8, 4) is 11.5 Å². The Morgan fingerprint density at radius 2 is 1.70 bits per heavy atom. The third kappa shape index (κ3) is 5.68. The molecule has 190 valence electrons. The van der Waals surface area contributed by atoms with Gasteiger partial charge >= 0.3 is 0 Å². The average Bonchev–Trinajstić information content (AvgIpc) is 3.14. The number of non-ortho nitro benzene ring substituents is 1. The van der Waals surface area contributed by atoms with Crippen molar-refractivity contribution in [3.63, 3.8) is 0 Å². The Morgan fingerprint density at radius 3 is 2.41 bits per heavy atom. The number of hydrogen-bond acceptors (Lipinski definition) is 7. The topological polar surface area (TPSA) is 119 Å². The van der Waals surface area contributed by atoms with Gasteiger partial charge in [-0.1, -0.05) is 42.5 Å². The van der Waals surface area contributed by atoms with E-state index in [2.05, 4.69) is 0 Å². The van der Waals surface area contributed by atoms with Crippen molar-refractivity contribution >= 4 is 23.1 Å². The molecule has 0 aromatic heterocycles. The Kier molecular flexibility index (Phi) is 7.64. The number of Topliss-reactive ketones (excluding diaryl/α,β-unsaturated/α-hetero) is 1.